The molecule has 0 radical (unpaired) electrons. The first-order chi connectivity index (χ1) is 7.70. The van der Waals surface area contributed by atoms with Crippen molar-refractivity contribution in [2.24, 2.45) is 0 Å². The van der Waals surface area contributed by atoms with E-state index in [2.05, 4.69) is 39.1 Å². The predicted octanol–water partition coefficient (Wildman–Crippen LogP) is 3.29. The third-order valence-electron chi connectivity index (χ3n) is 2.93. The lowest BCUT2D eigenvalue weighted by Gasteiger charge is -2.20. The molecule has 0 saturated carbocycles. The maximum atomic E-state index is 6.22. The van der Waals surface area contributed by atoms with Crippen LogP contribution >= 0.6 is 27.5 Å². The molecule has 1 aliphatic rings. The molecule has 1 N–H and O–H groups in total. The minimum Gasteiger partial charge on any atom is -0.369 e. The number of benzene rings is 1. The summed E-state index contributed by atoms with van der Waals surface area (Å²) in [7, 11) is 0. The lowest BCUT2D eigenvalue weighted by Crippen LogP contribution is -2.32. The van der Waals surface area contributed by atoms with Gasteiger partial charge in [-0.15, -0.1) is 0 Å². The Bertz CT molecular complexity index is 370. The van der Waals surface area contributed by atoms with Gasteiger partial charge in [-0.25, -0.2) is 0 Å². The lowest BCUT2D eigenvalue weighted by molar-refractivity contribution is 0.572. The first-order valence-electron chi connectivity index (χ1n) is 5.64. The fourth-order valence-corrected chi connectivity index (χ4v) is 2.75. The molecule has 1 fully saturated rings. The SMILES string of the molecule is CCNC1CCN(c2cc(Br)ccc2Cl)C1. The van der Waals surface area contributed by atoms with Gasteiger partial charge in [0.25, 0.3) is 0 Å². The van der Waals surface area contributed by atoms with Gasteiger partial charge in [0.15, 0.2) is 0 Å². The van der Waals surface area contributed by atoms with Crippen molar-refractivity contribution in [1.82, 2.24) is 5.32 Å². The first-order valence-corrected chi connectivity index (χ1v) is 6.81. The van der Waals surface area contributed by atoms with Gasteiger partial charge >= 0.3 is 0 Å². The lowest BCUT2D eigenvalue weighted by atomic mass is 10.2. The third-order valence-corrected chi connectivity index (χ3v) is 3.74. The summed E-state index contributed by atoms with van der Waals surface area (Å²) in [6.07, 6.45) is 1.19. The summed E-state index contributed by atoms with van der Waals surface area (Å²) < 4.78 is 1.08. The number of hydrogen-bond acceptors (Lipinski definition) is 2. The third kappa shape index (κ3) is 2.70. The number of hydrogen-bond donors (Lipinski definition) is 1. The average Bonchev–Trinajstić information content (AvgIpc) is 2.71. The molecule has 1 heterocycles. The zero-order chi connectivity index (χ0) is 11.5. The Morgan fingerprint density at radius 2 is 2.38 bits per heavy atom. The van der Waals surface area contributed by atoms with Crippen LogP contribution in [0.2, 0.25) is 5.02 Å². The number of rotatable bonds is 3. The monoisotopic (exact) mass is 302 g/mol. The second-order valence-corrected chi connectivity index (χ2v) is 5.41. The topological polar surface area (TPSA) is 15.3 Å². The highest BCUT2D eigenvalue weighted by atomic mass is 79.9. The van der Waals surface area contributed by atoms with Crippen LogP contribution in [-0.2, 0) is 0 Å². The summed E-state index contributed by atoms with van der Waals surface area (Å²) in [6.45, 7) is 5.30. The minimum atomic E-state index is 0.597. The Balaban J connectivity index is 2.11. The maximum Gasteiger partial charge on any atom is 0.0640 e. The normalized spacial score (nSPS) is 20.4. The van der Waals surface area contributed by atoms with E-state index in [1.807, 2.05) is 12.1 Å². The van der Waals surface area contributed by atoms with E-state index in [-0.39, 0.29) is 0 Å². The van der Waals surface area contributed by atoms with E-state index in [9.17, 15) is 0 Å². The maximum absolute atomic E-state index is 6.22. The van der Waals surface area contributed by atoms with Crippen molar-refractivity contribution in [3.63, 3.8) is 0 Å². The molecule has 0 spiro atoms. The molecule has 1 aromatic rings. The summed E-state index contributed by atoms with van der Waals surface area (Å²) in [5.74, 6) is 0. The highest BCUT2D eigenvalue weighted by molar-refractivity contribution is 9.10. The van der Waals surface area contributed by atoms with Gasteiger partial charge in [-0.2, -0.15) is 0 Å². The number of nitrogens with one attached hydrogen (secondary N) is 1. The van der Waals surface area contributed by atoms with Crippen LogP contribution in [0.1, 0.15) is 13.3 Å². The zero-order valence-corrected chi connectivity index (χ0v) is 11.7. The summed E-state index contributed by atoms with van der Waals surface area (Å²) in [4.78, 5) is 2.35. The van der Waals surface area contributed by atoms with Crippen molar-refractivity contribution >= 4 is 33.2 Å². The molecule has 1 aromatic carbocycles. The molecule has 1 unspecified atom stereocenters. The Kier molecular flexibility index (Phi) is 4.11. The number of likely N-dealkylation sites (N-methyl/N-ethyl adjacent to an activating group) is 1. The van der Waals surface area contributed by atoms with Crippen LogP contribution in [0.25, 0.3) is 0 Å². The summed E-state index contributed by atoms with van der Waals surface area (Å²) in [6, 6.07) is 6.61. The van der Waals surface area contributed by atoms with Crippen LogP contribution in [0.3, 0.4) is 0 Å². The summed E-state index contributed by atoms with van der Waals surface area (Å²) in [5, 5.41) is 4.32. The van der Waals surface area contributed by atoms with Gasteiger partial charge in [-0.3, -0.25) is 0 Å². The fraction of sp³-hybridized carbons (Fsp3) is 0.500. The van der Waals surface area contributed by atoms with Gasteiger partial charge in [0.2, 0.25) is 0 Å². The van der Waals surface area contributed by atoms with Gasteiger partial charge in [0, 0.05) is 23.6 Å². The van der Waals surface area contributed by atoms with Crippen LogP contribution in [0.15, 0.2) is 22.7 Å². The molecule has 2 nitrogen and oxygen atoms in total. The Morgan fingerprint density at radius 3 is 3.12 bits per heavy atom. The second-order valence-electron chi connectivity index (χ2n) is 4.09. The molecule has 88 valence electrons. The molecule has 0 amide bonds. The van der Waals surface area contributed by atoms with E-state index >= 15 is 0 Å². The van der Waals surface area contributed by atoms with Gasteiger partial charge in [0.1, 0.15) is 0 Å². The Hall–Kier alpha value is -0.250. The van der Waals surface area contributed by atoms with E-state index in [0.717, 1.165) is 34.8 Å². The summed E-state index contributed by atoms with van der Waals surface area (Å²) in [5.41, 5.74) is 1.14. The van der Waals surface area contributed by atoms with Crippen molar-refractivity contribution in [3.05, 3.63) is 27.7 Å². The van der Waals surface area contributed by atoms with Crippen molar-refractivity contribution < 1.29 is 0 Å². The van der Waals surface area contributed by atoms with Crippen molar-refractivity contribution in [1.29, 1.82) is 0 Å². The smallest absolute Gasteiger partial charge is 0.0640 e. The van der Waals surface area contributed by atoms with E-state index in [4.69, 9.17) is 11.6 Å². The summed E-state index contributed by atoms with van der Waals surface area (Å²) >= 11 is 9.71. The highest BCUT2D eigenvalue weighted by Gasteiger charge is 2.23. The van der Waals surface area contributed by atoms with Crippen molar-refractivity contribution in [2.45, 2.75) is 19.4 Å². The van der Waals surface area contributed by atoms with Gasteiger partial charge in [-0.05, 0) is 31.2 Å². The van der Waals surface area contributed by atoms with E-state index in [1.54, 1.807) is 0 Å². The number of halogens is 2. The van der Waals surface area contributed by atoms with Crippen molar-refractivity contribution in [3.8, 4) is 0 Å². The van der Waals surface area contributed by atoms with E-state index in [1.165, 1.54) is 6.42 Å². The quantitative estimate of drug-likeness (QED) is 0.922. The van der Waals surface area contributed by atoms with Gasteiger partial charge < -0.3 is 10.2 Å². The molecule has 1 atom stereocenters. The molecule has 0 aromatic heterocycles. The molecule has 16 heavy (non-hydrogen) atoms. The molecular weight excluding hydrogens is 288 g/mol. The molecule has 2 rings (SSSR count). The molecule has 0 bridgehead atoms. The van der Waals surface area contributed by atoms with Crippen LogP contribution < -0.4 is 10.2 Å². The van der Waals surface area contributed by atoms with Crippen LogP contribution in [0.4, 0.5) is 5.69 Å². The standard InChI is InChI=1S/C12H16BrClN2/c1-2-15-10-5-6-16(8-10)12-7-9(13)3-4-11(12)14/h3-4,7,10,15H,2,5-6,8H2,1H3. The molecule has 4 heteroatoms. The van der Waals surface area contributed by atoms with Gasteiger partial charge in [-0.1, -0.05) is 34.5 Å². The minimum absolute atomic E-state index is 0.597. The van der Waals surface area contributed by atoms with Gasteiger partial charge in [0.05, 0.1) is 10.7 Å². The molecule has 1 aliphatic heterocycles. The number of nitrogens with zero attached hydrogens (tertiary/aromatic N) is 1. The molecule has 1 saturated heterocycles. The van der Waals surface area contributed by atoms with E-state index < -0.39 is 0 Å². The van der Waals surface area contributed by atoms with Crippen LogP contribution in [0.5, 0.6) is 0 Å². The first kappa shape index (κ1) is 12.2. The Morgan fingerprint density at radius 1 is 1.56 bits per heavy atom. The van der Waals surface area contributed by atoms with Crippen molar-refractivity contribution in [2.75, 3.05) is 24.5 Å². The number of anilines is 1. The largest absolute Gasteiger partial charge is 0.369 e. The van der Waals surface area contributed by atoms with E-state index in [0.29, 0.717) is 6.04 Å². The second kappa shape index (κ2) is 5.39. The zero-order valence-electron chi connectivity index (χ0n) is 9.34. The van der Waals surface area contributed by atoms with Crippen LogP contribution in [0, 0.1) is 0 Å². The predicted molar refractivity (Wildman–Crippen MR) is 73.4 cm³/mol. The molecular formula is C12H16BrClN2. The Labute approximate surface area is 110 Å². The molecule has 0 aliphatic carbocycles. The average molecular weight is 304 g/mol. The fourth-order valence-electron chi connectivity index (χ4n) is 2.16. The highest BCUT2D eigenvalue weighted by Crippen LogP contribution is 2.31. The van der Waals surface area contributed by atoms with Crippen LogP contribution in [-0.4, -0.2) is 25.7 Å².